The van der Waals surface area contributed by atoms with E-state index in [1.165, 1.54) is 18.7 Å². The molecule has 2 amide bonds. The minimum atomic E-state index is -1.33. The van der Waals surface area contributed by atoms with Gasteiger partial charge in [-0.2, -0.15) is 11.8 Å². The molecule has 0 aromatic carbocycles. The maximum Gasteiger partial charge on any atom is 0.323 e. The summed E-state index contributed by atoms with van der Waals surface area (Å²) in [5.41, 5.74) is 0. The number of aliphatic carboxylic acids is 2. The number of hydrogen-bond acceptors (Lipinski definition) is 5. The van der Waals surface area contributed by atoms with E-state index < -0.39 is 37.1 Å². The van der Waals surface area contributed by atoms with Gasteiger partial charge in [-0.1, -0.05) is 0 Å². The second-order valence-electron chi connectivity index (χ2n) is 3.71. The molecule has 0 aliphatic carbocycles. The van der Waals surface area contributed by atoms with Gasteiger partial charge in [-0.05, 0) is 13.2 Å². The van der Waals surface area contributed by atoms with Crippen LogP contribution in [0.2, 0.25) is 0 Å². The minimum absolute atomic E-state index is 0.284. The summed E-state index contributed by atoms with van der Waals surface area (Å²) in [6.07, 6.45) is 1.74. The number of carbonyl (C=O) groups is 4. The number of nitrogens with one attached hydrogen (secondary N) is 1. The standard InChI is InChI=1S/C10H16N2O6S/c1-6(13)7(5-19-2)11-10(18)12(3-8(14)15)4-9(16)17/h7H,3-5H2,1-2H3,(H,11,18)(H,14,15)(H,16,17). The summed E-state index contributed by atoms with van der Waals surface area (Å²) in [7, 11) is 0. The molecule has 0 rings (SSSR count). The van der Waals surface area contributed by atoms with Crippen molar-refractivity contribution in [3.63, 3.8) is 0 Å². The molecule has 0 aliphatic rings. The Morgan fingerprint density at radius 2 is 1.63 bits per heavy atom. The van der Waals surface area contributed by atoms with E-state index in [-0.39, 0.29) is 5.78 Å². The Hall–Kier alpha value is -1.77. The molecule has 1 unspecified atom stereocenters. The SMILES string of the molecule is CSCC(NC(=O)N(CC(=O)O)CC(=O)O)C(C)=O. The molecule has 0 radical (unpaired) electrons. The van der Waals surface area contributed by atoms with Crippen molar-refractivity contribution in [1.82, 2.24) is 10.2 Å². The summed E-state index contributed by atoms with van der Waals surface area (Å²) < 4.78 is 0. The maximum absolute atomic E-state index is 11.7. The molecule has 0 aliphatic heterocycles. The zero-order valence-corrected chi connectivity index (χ0v) is 11.4. The quantitative estimate of drug-likeness (QED) is 0.550. The molecule has 3 N–H and O–H groups in total. The van der Waals surface area contributed by atoms with Crippen LogP contribution in [0.3, 0.4) is 0 Å². The van der Waals surface area contributed by atoms with Crippen molar-refractivity contribution < 1.29 is 29.4 Å². The molecule has 108 valence electrons. The van der Waals surface area contributed by atoms with Gasteiger partial charge in [-0.3, -0.25) is 14.4 Å². The van der Waals surface area contributed by atoms with E-state index >= 15 is 0 Å². The Labute approximate surface area is 114 Å². The van der Waals surface area contributed by atoms with Gasteiger partial charge in [0, 0.05) is 5.75 Å². The number of carboxylic acids is 2. The number of thioether (sulfide) groups is 1. The summed E-state index contributed by atoms with van der Waals surface area (Å²) in [5, 5.41) is 19.5. The largest absolute Gasteiger partial charge is 0.480 e. The van der Waals surface area contributed by atoms with Crippen molar-refractivity contribution in [3.8, 4) is 0 Å². The summed E-state index contributed by atoms with van der Waals surface area (Å²) in [6, 6.07) is -1.66. The highest BCUT2D eigenvalue weighted by molar-refractivity contribution is 7.98. The van der Waals surface area contributed by atoms with Crippen molar-refractivity contribution >= 4 is 35.5 Å². The Balaban J connectivity index is 4.72. The van der Waals surface area contributed by atoms with Gasteiger partial charge >= 0.3 is 18.0 Å². The number of rotatable bonds is 8. The summed E-state index contributed by atoms with van der Waals surface area (Å²) in [6.45, 7) is -0.204. The van der Waals surface area contributed by atoms with Gasteiger partial charge in [0.1, 0.15) is 13.1 Å². The normalized spacial score (nSPS) is 11.5. The molecule has 0 saturated heterocycles. The fraction of sp³-hybridized carbons (Fsp3) is 0.600. The van der Waals surface area contributed by atoms with Crippen LogP contribution in [0, 0.1) is 0 Å². The highest BCUT2D eigenvalue weighted by Gasteiger charge is 2.23. The topological polar surface area (TPSA) is 124 Å². The van der Waals surface area contributed by atoms with Crippen LogP contribution in [-0.4, -0.2) is 70.0 Å². The predicted octanol–water partition coefficient (Wildman–Crippen LogP) is -0.512. The van der Waals surface area contributed by atoms with E-state index in [0.717, 1.165) is 0 Å². The van der Waals surface area contributed by atoms with E-state index in [2.05, 4.69) is 5.32 Å². The zero-order valence-electron chi connectivity index (χ0n) is 10.6. The van der Waals surface area contributed by atoms with Crippen molar-refractivity contribution in [3.05, 3.63) is 0 Å². The number of urea groups is 1. The first kappa shape index (κ1) is 17.2. The van der Waals surface area contributed by atoms with Crippen LogP contribution in [0.25, 0.3) is 0 Å². The Kier molecular flexibility index (Phi) is 7.57. The van der Waals surface area contributed by atoms with E-state index in [0.29, 0.717) is 10.7 Å². The first-order valence-corrected chi connectivity index (χ1v) is 6.65. The van der Waals surface area contributed by atoms with Crippen LogP contribution in [0.5, 0.6) is 0 Å². The van der Waals surface area contributed by atoms with Crippen molar-refractivity contribution in [2.45, 2.75) is 13.0 Å². The molecule has 0 bridgehead atoms. The van der Waals surface area contributed by atoms with Gasteiger partial charge in [-0.25, -0.2) is 4.79 Å². The van der Waals surface area contributed by atoms with Crippen molar-refractivity contribution in [2.24, 2.45) is 0 Å². The highest BCUT2D eigenvalue weighted by atomic mass is 32.2. The first-order valence-electron chi connectivity index (χ1n) is 5.26. The zero-order chi connectivity index (χ0) is 15.0. The van der Waals surface area contributed by atoms with Crippen LogP contribution in [0.15, 0.2) is 0 Å². The third-order valence-electron chi connectivity index (χ3n) is 2.06. The molecule has 0 aromatic rings. The molecular formula is C10H16N2O6S. The number of carboxylic acid groups (broad SMARTS) is 2. The van der Waals surface area contributed by atoms with E-state index in [1.54, 1.807) is 6.26 Å². The number of amides is 2. The second-order valence-corrected chi connectivity index (χ2v) is 4.62. The maximum atomic E-state index is 11.7. The molecule has 1 atom stereocenters. The van der Waals surface area contributed by atoms with Gasteiger partial charge in [-0.15, -0.1) is 0 Å². The summed E-state index contributed by atoms with van der Waals surface area (Å²) in [5.74, 6) is -2.62. The van der Waals surface area contributed by atoms with E-state index in [9.17, 15) is 19.2 Å². The number of carbonyl (C=O) groups excluding carboxylic acids is 2. The van der Waals surface area contributed by atoms with E-state index in [4.69, 9.17) is 10.2 Å². The fourth-order valence-electron chi connectivity index (χ4n) is 1.19. The number of Topliss-reactive ketones (excluding diaryl/α,β-unsaturated/α-hetero) is 1. The number of hydrogen-bond donors (Lipinski definition) is 3. The third kappa shape index (κ3) is 7.29. The predicted molar refractivity (Wildman–Crippen MR) is 68.2 cm³/mol. The lowest BCUT2D eigenvalue weighted by Crippen LogP contribution is -2.51. The Morgan fingerprint density at radius 3 is 1.95 bits per heavy atom. The van der Waals surface area contributed by atoms with Crippen LogP contribution in [-0.2, 0) is 14.4 Å². The van der Waals surface area contributed by atoms with Gasteiger partial charge in [0.2, 0.25) is 0 Å². The number of ketones is 1. The van der Waals surface area contributed by atoms with Crippen LogP contribution < -0.4 is 5.32 Å². The highest BCUT2D eigenvalue weighted by Crippen LogP contribution is 2.00. The molecule has 8 nitrogen and oxygen atoms in total. The monoisotopic (exact) mass is 292 g/mol. The molecule has 19 heavy (non-hydrogen) atoms. The third-order valence-corrected chi connectivity index (χ3v) is 2.73. The fourth-order valence-corrected chi connectivity index (χ4v) is 1.85. The molecule has 0 fully saturated rings. The van der Waals surface area contributed by atoms with Gasteiger partial charge < -0.3 is 20.4 Å². The Morgan fingerprint density at radius 1 is 1.16 bits per heavy atom. The second kappa shape index (κ2) is 8.35. The number of nitrogens with zero attached hydrogens (tertiary/aromatic N) is 1. The minimum Gasteiger partial charge on any atom is -0.480 e. The molecular weight excluding hydrogens is 276 g/mol. The average Bonchev–Trinajstić information content (AvgIpc) is 2.25. The lowest BCUT2D eigenvalue weighted by Gasteiger charge is -2.22. The van der Waals surface area contributed by atoms with Crippen molar-refractivity contribution in [1.29, 1.82) is 0 Å². The lowest BCUT2D eigenvalue weighted by atomic mass is 10.2. The van der Waals surface area contributed by atoms with Crippen molar-refractivity contribution in [2.75, 3.05) is 25.1 Å². The smallest absolute Gasteiger partial charge is 0.323 e. The molecule has 0 heterocycles. The Bertz CT molecular complexity index is 357. The molecule has 9 heteroatoms. The van der Waals surface area contributed by atoms with Gasteiger partial charge in [0.15, 0.2) is 5.78 Å². The van der Waals surface area contributed by atoms with Crippen LogP contribution >= 0.6 is 11.8 Å². The molecule has 0 aromatic heterocycles. The van der Waals surface area contributed by atoms with Gasteiger partial charge in [0.05, 0.1) is 6.04 Å². The average molecular weight is 292 g/mol. The first-order chi connectivity index (χ1) is 8.77. The van der Waals surface area contributed by atoms with Gasteiger partial charge in [0.25, 0.3) is 0 Å². The van der Waals surface area contributed by atoms with Crippen LogP contribution in [0.4, 0.5) is 4.79 Å². The van der Waals surface area contributed by atoms with E-state index in [1.807, 2.05) is 0 Å². The summed E-state index contributed by atoms with van der Waals surface area (Å²) >= 11 is 1.33. The molecule has 0 spiro atoms. The summed E-state index contributed by atoms with van der Waals surface area (Å²) in [4.78, 5) is 44.7. The van der Waals surface area contributed by atoms with Crippen LogP contribution in [0.1, 0.15) is 6.92 Å². The lowest BCUT2D eigenvalue weighted by molar-refractivity contribution is -0.140. The molecule has 0 saturated carbocycles.